The number of hydrogen-bond donors (Lipinski definition) is 12. The van der Waals surface area contributed by atoms with Gasteiger partial charge < -0.3 is 80.5 Å². The van der Waals surface area contributed by atoms with Gasteiger partial charge in [-0.15, -0.1) is 0 Å². The van der Waals surface area contributed by atoms with Gasteiger partial charge in [0.1, 0.15) is 42.4 Å². The van der Waals surface area contributed by atoms with E-state index in [0.717, 1.165) is 17.2 Å². The first kappa shape index (κ1) is 59.0. The molecule has 6 aromatic heterocycles. The third-order valence-electron chi connectivity index (χ3n) is 13.1. The number of aryl methyl sites for hydroxylation is 1. The van der Waals surface area contributed by atoms with Crippen molar-refractivity contribution in [1.82, 2.24) is 58.5 Å². The van der Waals surface area contributed by atoms with Crippen LogP contribution in [-0.4, -0.2) is 189 Å². The Balaban J connectivity index is 0.879. The number of anilines is 3. The molecule has 6 aromatic rings. The van der Waals surface area contributed by atoms with Crippen molar-refractivity contribution >= 4 is 88.2 Å². The van der Waals surface area contributed by atoms with Crippen molar-refractivity contribution in [3.05, 3.63) is 46.0 Å². The second-order valence-electron chi connectivity index (χ2n) is 18.6. The second-order valence-corrected chi connectivity index (χ2v) is 25.1. The number of amides is 1. The van der Waals surface area contributed by atoms with Crippen LogP contribution in [0.4, 0.5) is 17.7 Å². The second kappa shape index (κ2) is 22.3. The van der Waals surface area contributed by atoms with Crippen molar-refractivity contribution in [3.63, 3.8) is 0 Å². The van der Waals surface area contributed by atoms with Gasteiger partial charge in [-0.2, -0.15) is 13.6 Å². The molecule has 0 spiro atoms. The smallest absolute Gasteiger partial charge is 0.387 e. The molecular formula is C37H53N16O23P4+. The molecule has 3 saturated heterocycles. The van der Waals surface area contributed by atoms with Gasteiger partial charge in [0.15, 0.2) is 41.4 Å². The average molecular weight is 1210 g/mol. The van der Waals surface area contributed by atoms with Crippen LogP contribution in [0, 0.1) is 11.8 Å². The molecule has 0 radical (unpaired) electrons. The maximum Gasteiger partial charge on any atom is 0.490 e. The number of phosphoric acid groups is 3. The van der Waals surface area contributed by atoms with Crippen LogP contribution in [0.15, 0.2) is 34.9 Å². The number of phosphoric ester groups is 2. The van der Waals surface area contributed by atoms with Gasteiger partial charge >= 0.3 is 36.7 Å². The Labute approximate surface area is 446 Å². The number of fused-ring (bicyclic) bond motifs is 3. The molecule has 438 valence electrons. The van der Waals surface area contributed by atoms with Gasteiger partial charge in [-0.25, -0.2) is 38.2 Å². The molecule has 1 amide bonds. The third-order valence-corrected chi connectivity index (χ3v) is 18.8. The number of imidazole rings is 3. The van der Waals surface area contributed by atoms with Crippen LogP contribution in [0.2, 0.25) is 0 Å². The Morgan fingerprint density at radius 1 is 0.738 bits per heavy atom. The Kier molecular flexibility index (Phi) is 16.4. The fourth-order valence-electron chi connectivity index (χ4n) is 9.41. The van der Waals surface area contributed by atoms with E-state index in [-0.39, 0.29) is 51.2 Å². The quantitative estimate of drug-likeness (QED) is 0.0244. The number of carbonyl (C=O) groups excluding carboxylic acids is 1. The third kappa shape index (κ3) is 12.0. The van der Waals surface area contributed by atoms with Gasteiger partial charge in [0.05, 0.1) is 57.9 Å². The molecule has 3 fully saturated rings. The molecule has 0 aromatic carbocycles. The van der Waals surface area contributed by atoms with E-state index in [1.54, 1.807) is 0 Å². The Hall–Kier alpha value is -5.60. The van der Waals surface area contributed by atoms with Crippen LogP contribution in [0.25, 0.3) is 33.5 Å². The largest absolute Gasteiger partial charge is 0.490 e. The van der Waals surface area contributed by atoms with E-state index in [1.165, 1.54) is 59.5 Å². The highest BCUT2D eigenvalue weighted by Gasteiger charge is 2.53. The summed E-state index contributed by atoms with van der Waals surface area (Å²) in [6, 6.07) is 0. The molecule has 80 heavy (non-hydrogen) atoms. The zero-order chi connectivity index (χ0) is 58.1. The van der Waals surface area contributed by atoms with Crippen LogP contribution < -0.4 is 32.9 Å². The minimum Gasteiger partial charge on any atom is -0.387 e. The number of aromatic amines is 2. The lowest BCUT2D eigenvalue weighted by molar-refractivity contribution is -0.745. The monoisotopic (exact) mass is 1210 g/mol. The van der Waals surface area contributed by atoms with E-state index in [2.05, 4.69) is 48.5 Å². The molecule has 0 bridgehead atoms. The van der Waals surface area contributed by atoms with E-state index in [4.69, 9.17) is 49.7 Å². The fourth-order valence-corrected chi connectivity index (χ4v) is 14.4. The first-order valence-electron chi connectivity index (χ1n) is 23.3. The van der Waals surface area contributed by atoms with Crippen molar-refractivity contribution in [2.45, 2.75) is 67.8 Å². The van der Waals surface area contributed by atoms with E-state index in [1.807, 2.05) is 0 Å². The van der Waals surface area contributed by atoms with Crippen LogP contribution in [0.5, 0.6) is 0 Å². The predicted octanol–water partition coefficient (Wildman–Crippen LogP) is -3.66. The number of aliphatic hydroxyl groups excluding tert-OH is 3. The summed E-state index contributed by atoms with van der Waals surface area (Å²) in [5.74, 6) is -3.85. The lowest BCUT2D eigenvalue weighted by Crippen LogP contribution is -2.45. The van der Waals surface area contributed by atoms with Crippen LogP contribution in [0.3, 0.4) is 0 Å². The number of nitrogens with zero attached hydrogens (tertiary/aromatic N) is 11. The fraction of sp³-hybridized carbons (Fsp3) is 0.568. The number of hydrogen-bond acceptors (Lipinski definition) is 28. The summed E-state index contributed by atoms with van der Waals surface area (Å²) < 4.78 is 106. The minimum atomic E-state index is -6.21. The number of carbonyl (C=O) groups is 1. The summed E-state index contributed by atoms with van der Waals surface area (Å²) in [5.41, 5.74) is 15.8. The number of H-pyrrole nitrogens is 2. The molecule has 5 unspecified atom stereocenters. The number of nitrogens with two attached hydrogens (primary N) is 3. The summed E-state index contributed by atoms with van der Waals surface area (Å²) in [6.45, 7) is -3.06. The summed E-state index contributed by atoms with van der Waals surface area (Å²) in [6.07, 6.45) is -12.0. The van der Waals surface area contributed by atoms with Gasteiger partial charge in [-0.1, -0.05) is 4.98 Å². The van der Waals surface area contributed by atoms with Gasteiger partial charge in [-0.05, 0) is 0 Å². The van der Waals surface area contributed by atoms with Crippen molar-refractivity contribution in [2.24, 2.45) is 18.9 Å². The number of nitrogens with one attached hydrogen (secondary N) is 2. The number of ether oxygens (including phenoxy) is 4. The molecular weight excluding hydrogens is 1160 g/mol. The minimum absolute atomic E-state index is 0.00276. The molecule has 39 nitrogen and oxygen atoms in total. The zero-order valence-corrected chi connectivity index (χ0v) is 45.5. The van der Waals surface area contributed by atoms with Crippen molar-refractivity contribution in [2.75, 3.05) is 64.4 Å². The van der Waals surface area contributed by atoms with E-state index < -0.39 is 154 Å². The Bertz CT molecular complexity index is 3650. The van der Waals surface area contributed by atoms with Gasteiger partial charge in [0.25, 0.3) is 17.1 Å². The molecule has 3 aliphatic heterocycles. The summed E-state index contributed by atoms with van der Waals surface area (Å²) in [7, 11) is -17.5. The summed E-state index contributed by atoms with van der Waals surface area (Å²) in [5, 5.41) is 33.3. The van der Waals surface area contributed by atoms with Crippen molar-refractivity contribution < 1.29 is 104 Å². The molecule has 9 heterocycles. The van der Waals surface area contributed by atoms with Crippen LogP contribution in [-0.2, 0) is 71.2 Å². The maximum atomic E-state index is 14.0. The number of methoxy groups -OCH3 is 1. The molecule has 0 aliphatic carbocycles. The van der Waals surface area contributed by atoms with E-state index in [0.29, 0.717) is 0 Å². The molecule has 15 N–H and O–H groups in total. The predicted molar refractivity (Wildman–Crippen MR) is 263 cm³/mol. The summed E-state index contributed by atoms with van der Waals surface area (Å²) >= 11 is 0. The van der Waals surface area contributed by atoms with Gasteiger partial charge in [-0.3, -0.25) is 51.7 Å². The number of aliphatic hydroxyl groups is 3. The first-order valence-corrected chi connectivity index (χ1v) is 29.5. The summed E-state index contributed by atoms with van der Waals surface area (Å²) in [4.78, 5) is 111. The normalized spacial score (nSPS) is 29.2. The number of nitrogen functional groups attached to an aromatic ring is 3. The van der Waals surface area contributed by atoms with E-state index >= 15 is 0 Å². The Morgan fingerprint density at radius 2 is 1.32 bits per heavy atom. The van der Waals surface area contributed by atoms with E-state index in [9.17, 15) is 67.5 Å². The molecule has 16 atom stereocenters. The number of rotatable bonds is 21. The van der Waals surface area contributed by atoms with Crippen LogP contribution in [0.1, 0.15) is 25.1 Å². The van der Waals surface area contributed by atoms with Crippen LogP contribution >= 0.6 is 31.1 Å². The number of aromatic nitrogens is 12. The highest BCUT2D eigenvalue weighted by atomic mass is 31.3. The lowest BCUT2D eigenvalue weighted by atomic mass is 9.94. The lowest BCUT2D eigenvalue weighted by Gasteiger charge is -2.26. The topological polar surface area (TPSA) is 553 Å². The first-order chi connectivity index (χ1) is 37.5. The molecule has 9 rings (SSSR count). The maximum absolute atomic E-state index is 14.0. The average Bonchev–Trinajstić information content (AvgIpc) is 4.23. The highest BCUT2D eigenvalue weighted by Crippen LogP contribution is 2.68. The van der Waals surface area contributed by atoms with Gasteiger partial charge in [0.2, 0.25) is 23.6 Å². The SMILES string of the molecule is CO[C@@H]1[C@H](CP(=O)(O)OC[C@H]2O[C@@H](n3cnc4c(=O)[nH]c(N)nc43)[C@H](O)[C@@H]2O)[C@@H](COP(=O)(O)OP(=O)(O)OP(=O)(O)OC[C@H]2OC([n+]3cn(C)c4c(=O)[nH]c(N)nc43)[C@H](O)[C@@H]2CC(=O)N(C)C)O[C@H]1n1cnc2c(N)ncnc21. The standard InChI is InChI=1S/C37H52N16O23P4/c1-49(2)19(54)5-14-16(72-33(23(14)55)53-13-50(3)22-30(53)46-37(40)48-32(22)59)6-70-78(62,63)75-80(66,67)76-79(64,65)71-7-17-15(26(68-4)35(73-17)51-11-43-20-27(38)41-10-42-28(20)51)9-77(60,61)69-8-18-24(56)25(57)34(74-18)52-12-44-21-29(52)45-36(39)47-31(21)58/h10-18,23-26,33-35,55-57H,5-9H2,1-4H3,(H11-,38,39,40,41,42,45,46,47,48,58,59,60,61,62,63,64,65,66,67)/p+1/t14-,15-,16-,17-,18-,23-,24-,25-,26-,33?,34-,35-/m1/s1. The van der Waals surface area contributed by atoms with Crippen molar-refractivity contribution in [3.8, 4) is 0 Å². The molecule has 43 heteroatoms. The van der Waals surface area contributed by atoms with Gasteiger partial charge in [0, 0.05) is 39.5 Å². The Morgan fingerprint density at radius 3 is 1.98 bits per heavy atom. The molecule has 3 aliphatic rings. The zero-order valence-electron chi connectivity index (χ0n) is 41.9. The highest BCUT2D eigenvalue weighted by molar-refractivity contribution is 7.66. The molecule has 0 saturated carbocycles. The van der Waals surface area contributed by atoms with Crippen molar-refractivity contribution in [1.29, 1.82) is 0 Å².